The van der Waals surface area contributed by atoms with Crippen LogP contribution in [-0.2, 0) is 10.0 Å². The van der Waals surface area contributed by atoms with Crippen molar-refractivity contribution in [2.24, 2.45) is 0 Å². The lowest BCUT2D eigenvalue weighted by atomic mass is 10.0. The summed E-state index contributed by atoms with van der Waals surface area (Å²) in [5.41, 5.74) is 1.48. The highest BCUT2D eigenvalue weighted by atomic mass is 32.2. The summed E-state index contributed by atoms with van der Waals surface area (Å²) in [6.45, 7) is 0. The van der Waals surface area contributed by atoms with Crippen LogP contribution in [0.4, 0.5) is 11.4 Å². The fourth-order valence-corrected chi connectivity index (χ4v) is 4.24. The molecule has 144 valence electrons. The molecular formula is C22H16N2O4S. The van der Waals surface area contributed by atoms with Crippen LogP contribution in [-0.4, -0.2) is 13.3 Å². The van der Waals surface area contributed by atoms with Crippen molar-refractivity contribution in [1.82, 2.24) is 0 Å². The van der Waals surface area contributed by atoms with Gasteiger partial charge in [0.05, 0.1) is 15.4 Å². The van der Waals surface area contributed by atoms with E-state index in [9.17, 15) is 18.5 Å². The maximum Gasteiger partial charge on any atom is 0.277 e. The van der Waals surface area contributed by atoms with Gasteiger partial charge in [-0.1, -0.05) is 54.6 Å². The number of nitro groups is 1. The van der Waals surface area contributed by atoms with E-state index in [4.69, 9.17) is 0 Å². The Morgan fingerprint density at radius 2 is 1.41 bits per heavy atom. The van der Waals surface area contributed by atoms with Gasteiger partial charge in [-0.3, -0.25) is 14.8 Å². The van der Waals surface area contributed by atoms with Crippen molar-refractivity contribution >= 4 is 32.2 Å². The van der Waals surface area contributed by atoms with Crippen molar-refractivity contribution in [2.45, 2.75) is 4.90 Å². The Balaban J connectivity index is 1.62. The summed E-state index contributed by atoms with van der Waals surface area (Å²) < 4.78 is 28.0. The molecule has 0 amide bonds. The van der Waals surface area contributed by atoms with Gasteiger partial charge in [0.15, 0.2) is 0 Å². The van der Waals surface area contributed by atoms with E-state index >= 15 is 0 Å². The van der Waals surface area contributed by atoms with Crippen molar-refractivity contribution < 1.29 is 13.3 Å². The highest BCUT2D eigenvalue weighted by molar-refractivity contribution is 7.92. The molecule has 0 aliphatic rings. The van der Waals surface area contributed by atoms with Crippen LogP contribution in [0.1, 0.15) is 0 Å². The zero-order valence-corrected chi connectivity index (χ0v) is 16.0. The molecule has 7 heteroatoms. The maximum absolute atomic E-state index is 12.7. The molecule has 0 aliphatic heterocycles. The van der Waals surface area contributed by atoms with Crippen LogP contribution >= 0.6 is 0 Å². The zero-order valence-electron chi connectivity index (χ0n) is 15.1. The number of benzene rings is 4. The molecule has 0 heterocycles. The van der Waals surface area contributed by atoms with Crippen molar-refractivity contribution in [3.63, 3.8) is 0 Å². The van der Waals surface area contributed by atoms with Crippen molar-refractivity contribution in [3.05, 3.63) is 101 Å². The van der Waals surface area contributed by atoms with Crippen LogP contribution in [0.15, 0.2) is 95.9 Å². The lowest BCUT2D eigenvalue weighted by Gasteiger charge is -2.10. The molecule has 4 rings (SSSR count). The van der Waals surface area contributed by atoms with E-state index in [0.29, 0.717) is 16.8 Å². The molecular weight excluding hydrogens is 388 g/mol. The molecule has 4 aromatic rings. The predicted octanol–water partition coefficient (Wildman–Crippen LogP) is 5.22. The van der Waals surface area contributed by atoms with Gasteiger partial charge in [-0.05, 0) is 46.7 Å². The van der Waals surface area contributed by atoms with Gasteiger partial charge in [-0.15, -0.1) is 0 Å². The minimum absolute atomic E-state index is 0.00278. The van der Waals surface area contributed by atoms with Crippen LogP contribution in [0.5, 0.6) is 0 Å². The van der Waals surface area contributed by atoms with Gasteiger partial charge in [0, 0.05) is 11.8 Å². The highest BCUT2D eigenvalue weighted by Crippen LogP contribution is 2.30. The molecule has 0 spiro atoms. The Hall–Kier alpha value is -3.71. The number of anilines is 1. The molecule has 0 atom stereocenters. The Morgan fingerprint density at radius 1 is 0.759 bits per heavy atom. The van der Waals surface area contributed by atoms with Crippen LogP contribution in [0.25, 0.3) is 21.9 Å². The molecule has 0 unspecified atom stereocenters. The van der Waals surface area contributed by atoms with Crippen molar-refractivity contribution in [2.75, 3.05) is 4.72 Å². The summed E-state index contributed by atoms with van der Waals surface area (Å²) in [5, 5.41) is 13.0. The van der Waals surface area contributed by atoms with Crippen LogP contribution < -0.4 is 4.72 Å². The number of nitrogens with one attached hydrogen (secondary N) is 1. The lowest BCUT2D eigenvalue weighted by Crippen LogP contribution is -2.12. The average Bonchev–Trinajstić information content (AvgIpc) is 2.73. The van der Waals surface area contributed by atoms with Gasteiger partial charge in [0.2, 0.25) is 0 Å². The summed E-state index contributed by atoms with van der Waals surface area (Å²) in [4.78, 5) is 10.9. The summed E-state index contributed by atoms with van der Waals surface area (Å²) in [7, 11) is -3.76. The Labute approximate surface area is 167 Å². The van der Waals surface area contributed by atoms with Crippen LogP contribution in [0.2, 0.25) is 0 Å². The molecule has 0 fully saturated rings. The molecule has 0 saturated heterocycles. The number of nitrogens with zero attached hydrogens (tertiary/aromatic N) is 1. The second-order valence-electron chi connectivity index (χ2n) is 6.47. The molecule has 6 nitrogen and oxygen atoms in total. The predicted molar refractivity (Wildman–Crippen MR) is 113 cm³/mol. The van der Waals surface area contributed by atoms with Gasteiger partial charge < -0.3 is 0 Å². The van der Waals surface area contributed by atoms with E-state index in [0.717, 1.165) is 10.8 Å². The van der Waals surface area contributed by atoms with E-state index in [2.05, 4.69) is 4.72 Å². The first-order valence-electron chi connectivity index (χ1n) is 8.79. The van der Waals surface area contributed by atoms with Crippen molar-refractivity contribution in [3.8, 4) is 11.1 Å². The number of fused-ring (bicyclic) bond motifs is 1. The zero-order chi connectivity index (χ0) is 20.4. The van der Waals surface area contributed by atoms with Gasteiger partial charge >= 0.3 is 0 Å². The number of para-hydroxylation sites is 1. The smallest absolute Gasteiger partial charge is 0.277 e. The fourth-order valence-electron chi connectivity index (χ4n) is 3.14. The van der Waals surface area contributed by atoms with E-state index < -0.39 is 14.9 Å². The Kier molecular flexibility index (Phi) is 4.74. The number of hydrogen-bond donors (Lipinski definition) is 1. The van der Waals surface area contributed by atoms with E-state index in [1.807, 2.05) is 24.3 Å². The van der Waals surface area contributed by atoms with Crippen molar-refractivity contribution in [1.29, 1.82) is 0 Å². The standard InChI is InChI=1S/C22H16N2O4S/c25-24(26)22-8-4-3-7-21(22)17-9-12-19(13-10-17)23-29(27,28)20-14-11-16-5-1-2-6-18(16)15-20/h1-15,23H. The minimum Gasteiger partial charge on any atom is -0.280 e. The molecule has 0 aliphatic carbocycles. The second-order valence-corrected chi connectivity index (χ2v) is 8.15. The first-order valence-corrected chi connectivity index (χ1v) is 10.3. The van der Waals surface area contributed by atoms with Gasteiger partial charge in [0.25, 0.3) is 15.7 Å². The molecule has 1 N–H and O–H groups in total. The summed E-state index contributed by atoms with van der Waals surface area (Å²) in [5.74, 6) is 0. The average molecular weight is 404 g/mol. The first kappa shape index (κ1) is 18.6. The quantitative estimate of drug-likeness (QED) is 0.365. The monoisotopic (exact) mass is 404 g/mol. The van der Waals surface area contributed by atoms with E-state index in [-0.39, 0.29) is 10.6 Å². The Bertz CT molecular complexity index is 1320. The number of nitro benzene ring substituents is 1. The molecule has 0 bridgehead atoms. The maximum atomic E-state index is 12.7. The number of rotatable bonds is 5. The highest BCUT2D eigenvalue weighted by Gasteiger charge is 2.16. The molecule has 4 aromatic carbocycles. The van der Waals surface area contributed by atoms with Gasteiger partial charge in [-0.2, -0.15) is 0 Å². The largest absolute Gasteiger partial charge is 0.280 e. The minimum atomic E-state index is -3.76. The summed E-state index contributed by atoms with van der Waals surface area (Å²) in [6, 6.07) is 25.4. The summed E-state index contributed by atoms with van der Waals surface area (Å²) >= 11 is 0. The normalized spacial score (nSPS) is 11.3. The Morgan fingerprint density at radius 3 is 2.14 bits per heavy atom. The third kappa shape index (κ3) is 3.81. The van der Waals surface area contributed by atoms with E-state index in [1.54, 1.807) is 60.7 Å². The summed E-state index contributed by atoms with van der Waals surface area (Å²) in [6.07, 6.45) is 0. The van der Waals surface area contributed by atoms with E-state index in [1.165, 1.54) is 6.07 Å². The van der Waals surface area contributed by atoms with Gasteiger partial charge in [0.1, 0.15) is 0 Å². The number of sulfonamides is 1. The van der Waals surface area contributed by atoms with Crippen LogP contribution in [0, 0.1) is 10.1 Å². The molecule has 0 saturated carbocycles. The fraction of sp³-hybridized carbons (Fsp3) is 0. The lowest BCUT2D eigenvalue weighted by molar-refractivity contribution is -0.384. The topological polar surface area (TPSA) is 89.3 Å². The number of hydrogen-bond acceptors (Lipinski definition) is 4. The van der Waals surface area contributed by atoms with Gasteiger partial charge in [-0.25, -0.2) is 8.42 Å². The first-order chi connectivity index (χ1) is 13.9. The van der Waals surface area contributed by atoms with Crippen LogP contribution in [0.3, 0.4) is 0 Å². The molecule has 0 radical (unpaired) electrons. The third-order valence-corrected chi connectivity index (χ3v) is 5.96. The second kappa shape index (κ2) is 7.37. The molecule has 29 heavy (non-hydrogen) atoms. The molecule has 0 aromatic heterocycles. The SMILES string of the molecule is O=[N+]([O-])c1ccccc1-c1ccc(NS(=O)(=O)c2ccc3ccccc3c2)cc1. The third-order valence-electron chi connectivity index (χ3n) is 4.58.